The van der Waals surface area contributed by atoms with Gasteiger partial charge in [-0.3, -0.25) is 0 Å². The number of aryl methyl sites for hydroxylation is 1. The fraction of sp³-hybridized carbons (Fsp3) is 0.400. The maximum atomic E-state index is 5.99. The van der Waals surface area contributed by atoms with Gasteiger partial charge in [-0.2, -0.15) is 0 Å². The van der Waals surface area contributed by atoms with Gasteiger partial charge < -0.3 is 20.9 Å². The number of nitrogens with zero attached hydrogens (tertiary/aromatic N) is 4. The Labute approximate surface area is 155 Å². The summed E-state index contributed by atoms with van der Waals surface area (Å²) in [7, 11) is 2.16. The lowest BCUT2D eigenvalue weighted by molar-refractivity contribution is 0.312. The molecule has 1 fully saturated rings. The molecule has 1 aliphatic rings. The Morgan fingerprint density at radius 2 is 1.77 bits per heavy atom. The fourth-order valence-corrected chi connectivity index (χ4v) is 2.92. The Hall–Kier alpha value is -2.60. The first kappa shape index (κ1) is 18.2. The van der Waals surface area contributed by atoms with Gasteiger partial charge in [-0.15, -0.1) is 0 Å². The number of aliphatic imine (C=N–C) groups is 1. The van der Waals surface area contributed by atoms with E-state index >= 15 is 0 Å². The van der Waals surface area contributed by atoms with Crippen molar-refractivity contribution in [3.8, 4) is 0 Å². The minimum atomic E-state index is 0.414. The van der Waals surface area contributed by atoms with E-state index in [2.05, 4.69) is 63.3 Å². The van der Waals surface area contributed by atoms with Crippen molar-refractivity contribution in [3.05, 3.63) is 53.7 Å². The van der Waals surface area contributed by atoms with Gasteiger partial charge in [0.2, 0.25) is 0 Å². The summed E-state index contributed by atoms with van der Waals surface area (Å²) in [5, 5.41) is 3.13. The molecule has 6 heteroatoms. The summed E-state index contributed by atoms with van der Waals surface area (Å²) < 4.78 is 0. The van der Waals surface area contributed by atoms with E-state index in [1.165, 1.54) is 5.56 Å². The van der Waals surface area contributed by atoms with Crippen molar-refractivity contribution in [1.29, 1.82) is 0 Å². The molecule has 26 heavy (non-hydrogen) atoms. The predicted molar refractivity (Wildman–Crippen MR) is 109 cm³/mol. The van der Waals surface area contributed by atoms with Crippen molar-refractivity contribution in [2.75, 3.05) is 43.4 Å². The Morgan fingerprint density at radius 1 is 1.08 bits per heavy atom. The largest absolute Gasteiger partial charge is 0.370 e. The van der Waals surface area contributed by atoms with Gasteiger partial charge in [0.1, 0.15) is 5.82 Å². The van der Waals surface area contributed by atoms with Crippen LogP contribution in [-0.2, 0) is 13.0 Å². The quantitative estimate of drug-likeness (QED) is 0.638. The second-order valence-corrected chi connectivity index (χ2v) is 6.69. The van der Waals surface area contributed by atoms with Crippen molar-refractivity contribution in [1.82, 2.24) is 9.88 Å². The molecule has 138 valence electrons. The van der Waals surface area contributed by atoms with E-state index in [9.17, 15) is 0 Å². The molecule has 0 aliphatic carbocycles. The standard InChI is InChI=1S/C20H28N6/c1-3-16-4-7-18(8-5-16)24-20(21)23-15-17-6-9-19(22-14-17)26-12-10-25(2)11-13-26/h4-9,14H,3,10-13,15H2,1-2H3,(H3,21,23,24). The van der Waals surface area contributed by atoms with E-state index < -0.39 is 0 Å². The number of aromatic nitrogens is 1. The minimum absolute atomic E-state index is 0.414. The number of likely N-dealkylation sites (N-methyl/N-ethyl adjacent to an activating group) is 1. The number of hydrogen-bond acceptors (Lipinski definition) is 4. The highest BCUT2D eigenvalue weighted by atomic mass is 15.3. The molecule has 0 saturated carbocycles. The van der Waals surface area contributed by atoms with E-state index in [1.54, 1.807) is 0 Å². The topological polar surface area (TPSA) is 69.8 Å². The number of nitrogens with one attached hydrogen (secondary N) is 1. The van der Waals surface area contributed by atoms with Gasteiger partial charge in [-0.25, -0.2) is 9.98 Å². The summed E-state index contributed by atoms with van der Waals surface area (Å²) in [5.74, 6) is 1.45. The zero-order chi connectivity index (χ0) is 18.4. The van der Waals surface area contributed by atoms with E-state index in [4.69, 9.17) is 5.73 Å². The molecule has 2 heterocycles. The Morgan fingerprint density at radius 3 is 2.38 bits per heavy atom. The Balaban J connectivity index is 1.53. The molecule has 0 spiro atoms. The van der Waals surface area contributed by atoms with E-state index in [-0.39, 0.29) is 0 Å². The van der Waals surface area contributed by atoms with Crippen LogP contribution >= 0.6 is 0 Å². The highest BCUT2D eigenvalue weighted by Crippen LogP contribution is 2.14. The molecule has 1 saturated heterocycles. The molecule has 0 radical (unpaired) electrons. The second-order valence-electron chi connectivity index (χ2n) is 6.69. The number of piperazine rings is 1. The number of rotatable bonds is 5. The maximum absolute atomic E-state index is 5.99. The smallest absolute Gasteiger partial charge is 0.193 e. The Bertz CT molecular complexity index is 715. The first-order valence-electron chi connectivity index (χ1n) is 9.18. The summed E-state index contributed by atoms with van der Waals surface area (Å²) in [6.07, 6.45) is 2.92. The van der Waals surface area contributed by atoms with Gasteiger partial charge in [0.15, 0.2) is 5.96 Å². The third kappa shape index (κ3) is 4.95. The third-order valence-electron chi connectivity index (χ3n) is 4.70. The first-order valence-corrected chi connectivity index (χ1v) is 9.18. The average molecular weight is 352 g/mol. The highest BCUT2D eigenvalue weighted by Gasteiger charge is 2.14. The van der Waals surface area contributed by atoms with E-state index in [0.29, 0.717) is 12.5 Å². The molecule has 0 amide bonds. The normalized spacial score (nSPS) is 15.9. The molecule has 3 rings (SSSR count). The monoisotopic (exact) mass is 352 g/mol. The summed E-state index contributed by atoms with van der Waals surface area (Å²) in [6.45, 7) is 6.86. The van der Waals surface area contributed by atoms with Gasteiger partial charge in [-0.05, 0) is 42.8 Å². The molecular formula is C20H28N6. The van der Waals surface area contributed by atoms with Crippen molar-refractivity contribution in [2.24, 2.45) is 10.7 Å². The molecule has 0 bridgehead atoms. The summed E-state index contributed by atoms with van der Waals surface area (Å²) in [4.78, 5) is 13.7. The molecule has 3 N–H and O–H groups in total. The fourth-order valence-electron chi connectivity index (χ4n) is 2.92. The third-order valence-corrected chi connectivity index (χ3v) is 4.70. The van der Waals surface area contributed by atoms with Crippen molar-refractivity contribution >= 4 is 17.5 Å². The summed E-state index contributed by atoms with van der Waals surface area (Å²) >= 11 is 0. The molecule has 1 aliphatic heterocycles. The first-order chi connectivity index (χ1) is 12.6. The SMILES string of the molecule is CCc1ccc(NC(N)=NCc2ccc(N3CCN(C)CC3)nc2)cc1. The summed E-state index contributed by atoms with van der Waals surface area (Å²) in [5.41, 5.74) is 9.29. The van der Waals surface area contributed by atoms with Crippen LogP contribution in [0.4, 0.5) is 11.5 Å². The van der Waals surface area contributed by atoms with Crippen LogP contribution in [-0.4, -0.2) is 49.1 Å². The number of hydrogen-bond donors (Lipinski definition) is 2. The lowest BCUT2D eigenvalue weighted by Crippen LogP contribution is -2.44. The molecule has 1 aromatic carbocycles. The van der Waals surface area contributed by atoms with Crippen LogP contribution in [0.1, 0.15) is 18.1 Å². The van der Waals surface area contributed by atoms with E-state index in [1.807, 2.05) is 18.3 Å². The van der Waals surface area contributed by atoms with Crippen LogP contribution in [0.25, 0.3) is 0 Å². The van der Waals surface area contributed by atoms with Crippen LogP contribution in [0.5, 0.6) is 0 Å². The average Bonchev–Trinajstić information content (AvgIpc) is 2.68. The van der Waals surface area contributed by atoms with Gasteiger partial charge in [0.05, 0.1) is 6.54 Å². The van der Waals surface area contributed by atoms with Crippen molar-refractivity contribution in [2.45, 2.75) is 19.9 Å². The number of guanidine groups is 1. The molecule has 0 atom stereocenters. The molecule has 6 nitrogen and oxygen atoms in total. The second kappa shape index (κ2) is 8.67. The van der Waals surface area contributed by atoms with Crippen molar-refractivity contribution < 1.29 is 0 Å². The van der Waals surface area contributed by atoms with Gasteiger partial charge in [-0.1, -0.05) is 25.1 Å². The number of nitrogens with two attached hydrogens (primary N) is 1. The lowest BCUT2D eigenvalue weighted by Gasteiger charge is -2.33. The summed E-state index contributed by atoms with van der Waals surface area (Å²) in [6, 6.07) is 12.4. The van der Waals surface area contributed by atoms with Crippen LogP contribution in [0, 0.1) is 0 Å². The zero-order valence-electron chi connectivity index (χ0n) is 15.7. The van der Waals surface area contributed by atoms with Crippen LogP contribution in [0.3, 0.4) is 0 Å². The molecule has 1 aromatic heterocycles. The maximum Gasteiger partial charge on any atom is 0.193 e. The number of anilines is 2. The van der Waals surface area contributed by atoms with Gasteiger partial charge in [0, 0.05) is 38.1 Å². The van der Waals surface area contributed by atoms with Gasteiger partial charge >= 0.3 is 0 Å². The Kier molecular flexibility index (Phi) is 6.07. The molecule has 2 aromatic rings. The van der Waals surface area contributed by atoms with Crippen LogP contribution in [0.15, 0.2) is 47.6 Å². The van der Waals surface area contributed by atoms with Gasteiger partial charge in [0.25, 0.3) is 0 Å². The molecular weight excluding hydrogens is 324 g/mol. The van der Waals surface area contributed by atoms with E-state index in [0.717, 1.165) is 49.7 Å². The van der Waals surface area contributed by atoms with Crippen LogP contribution in [0.2, 0.25) is 0 Å². The zero-order valence-corrected chi connectivity index (χ0v) is 15.7. The molecule has 0 unspecified atom stereocenters. The highest BCUT2D eigenvalue weighted by molar-refractivity contribution is 5.92. The minimum Gasteiger partial charge on any atom is -0.370 e. The van der Waals surface area contributed by atoms with Crippen molar-refractivity contribution in [3.63, 3.8) is 0 Å². The van der Waals surface area contributed by atoms with Crippen LogP contribution < -0.4 is 16.0 Å². The lowest BCUT2D eigenvalue weighted by atomic mass is 10.1. The predicted octanol–water partition coefficient (Wildman–Crippen LogP) is 2.32. The number of benzene rings is 1. The number of pyridine rings is 1.